The van der Waals surface area contributed by atoms with Crippen LogP contribution in [0.25, 0.3) is 0 Å². The van der Waals surface area contributed by atoms with Crippen molar-refractivity contribution in [3.63, 3.8) is 0 Å². The van der Waals surface area contributed by atoms with Crippen molar-refractivity contribution < 1.29 is 4.79 Å². The van der Waals surface area contributed by atoms with E-state index in [1.165, 1.54) is 11.8 Å². The zero-order chi connectivity index (χ0) is 16.1. The van der Waals surface area contributed by atoms with Gasteiger partial charge in [0, 0.05) is 30.1 Å². The van der Waals surface area contributed by atoms with E-state index in [0.29, 0.717) is 6.42 Å². The molecule has 1 aliphatic rings. The average Bonchev–Trinajstić information content (AvgIpc) is 3.05. The van der Waals surface area contributed by atoms with E-state index in [0.717, 1.165) is 22.0 Å². The Morgan fingerprint density at radius 2 is 1.87 bits per heavy atom. The molecule has 6 heteroatoms. The summed E-state index contributed by atoms with van der Waals surface area (Å²) in [5, 5.41) is 11.9. The van der Waals surface area contributed by atoms with Gasteiger partial charge in [-0.15, -0.1) is 5.10 Å². The summed E-state index contributed by atoms with van der Waals surface area (Å²) in [4.78, 5) is 16.2. The van der Waals surface area contributed by atoms with Crippen molar-refractivity contribution in [1.82, 2.24) is 4.98 Å². The lowest BCUT2D eigenvalue weighted by atomic mass is 10.1. The molecule has 23 heavy (non-hydrogen) atoms. The number of anilines is 1. The maximum Gasteiger partial charge on any atom is 0.237 e. The van der Waals surface area contributed by atoms with Crippen LogP contribution in [0.2, 0.25) is 0 Å². The van der Waals surface area contributed by atoms with Crippen LogP contribution in [0.15, 0.2) is 65.1 Å². The number of aromatic nitrogens is 1. The molecule has 1 aliphatic heterocycles. The van der Waals surface area contributed by atoms with Crippen LogP contribution < -0.4 is 5.32 Å². The summed E-state index contributed by atoms with van der Waals surface area (Å²) < 4.78 is 0. The molecule has 116 valence electrons. The van der Waals surface area contributed by atoms with Crippen LogP contribution in [0.4, 0.5) is 5.69 Å². The van der Waals surface area contributed by atoms with E-state index in [2.05, 4.69) is 20.5 Å². The largest absolute Gasteiger partial charge is 0.325 e. The Hall–Kier alpha value is -2.47. The number of nitrogens with zero attached hydrogens (tertiary/aromatic N) is 3. The fraction of sp³-hybridized carbons (Fsp3) is 0.176. The topological polar surface area (TPSA) is 66.7 Å². The molecule has 0 radical (unpaired) electrons. The van der Waals surface area contributed by atoms with Gasteiger partial charge in [-0.05, 0) is 31.2 Å². The quantitative estimate of drug-likeness (QED) is 0.938. The number of para-hydroxylation sites is 1. The normalized spacial score (nSPS) is 14.8. The molecule has 3 rings (SSSR count). The highest BCUT2D eigenvalue weighted by Crippen LogP contribution is 2.23. The molecular formula is C17H16N4OS. The molecule has 0 saturated carbocycles. The third kappa shape index (κ3) is 4.04. The van der Waals surface area contributed by atoms with Crippen LogP contribution in [0.5, 0.6) is 0 Å². The first-order valence-corrected chi connectivity index (χ1v) is 8.17. The summed E-state index contributed by atoms with van der Waals surface area (Å²) in [7, 11) is 0. The number of thioether (sulfide) groups is 1. The second-order valence-corrected chi connectivity index (χ2v) is 6.48. The number of hydrogen-bond donors (Lipinski definition) is 1. The zero-order valence-electron chi connectivity index (χ0n) is 12.6. The number of carbonyl (C=O) groups excluding carboxylic acids is 1. The van der Waals surface area contributed by atoms with Gasteiger partial charge in [0.15, 0.2) is 0 Å². The van der Waals surface area contributed by atoms with Gasteiger partial charge in [0.05, 0.1) is 11.0 Å². The van der Waals surface area contributed by atoms with E-state index in [-0.39, 0.29) is 11.2 Å². The SMILES string of the molecule is CC(SC1=NN=C(c2ccncc2)C1)C(=O)Nc1ccccc1. The van der Waals surface area contributed by atoms with E-state index >= 15 is 0 Å². The molecule has 0 aliphatic carbocycles. The molecule has 1 N–H and O–H groups in total. The number of hydrogen-bond acceptors (Lipinski definition) is 5. The van der Waals surface area contributed by atoms with Crippen LogP contribution in [0.1, 0.15) is 18.9 Å². The van der Waals surface area contributed by atoms with Crippen molar-refractivity contribution in [3.8, 4) is 0 Å². The summed E-state index contributed by atoms with van der Waals surface area (Å²) >= 11 is 1.44. The van der Waals surface area contributed by atoms with E-state index in [9.17, 15) is 4.79 Å². The van der Waals surface area contributed by atoms with Gasteiger partial charge < -0.3 is 5.32 Å². The number of carbonyl (C=O) groups is 1. The lowest BCUT2D eigenvalue weighted by molar-refractivity contribution is -0.115. The third-order valence-electron chi connectivity index (χ3n) is 3.34. The molecule has 1 atom stereocenters. The Balaban J connectivity index is 1.53. The molecule has 1 amide bonds. The molecule has 2 aromatic rings. The van der Waals surface area contributed by atoms with E-state index < -0.39 is 0 Å². The number of rotatable bonds is 4. The minimum absolute atomic E-state index is 0.0405. The predicted octanol–water partition coefficient (Wildman–Crippen LogP) is 3.35. The standard InChI is InChI=1S/C17H16N4OS/c1-12(17(22)19-14-5-3-2-4-6-14)23-16-11-15(20-21-16)13-7-9-18-10-8-13/h2-10,12H,11H2,1H3,(H,19,22). The van der Waals surface area contributed by atoms with E-state index in [1.54, 1.807) is 12.4 Å². The van der Waals surface area contributed by atoms with Crippen LogP contribution in [0, 0.1) is 0 Å². The Bertz CT molecular complexity index is 744. The minimum atomic E-state index is -0.235. The maximum atomic E-state index is 12.2. The lowest BCUT2D eigenvalue weighted by Gasteiger charge is -2.11. The first kappa shape index (κ1) is 15.4. The Morgan fingerprint density at radius 1 is 1.13 bits per heavy atom. The van der Waals surface area contributed by atoms with Crippen molar-refractivity contribution >= 4 is 34.1 Å². The Labute approximate surface area is 138 Å². The fourth-order valence-corrected chi connectivity index (χ4v) is 3.00. The number of amides is 1. The summed E-state index contributed by atoms with van der Waals surface area (Å²) in [5.74, 6) is -0.0405. The molecule has 5 nitrogen and oxygen atoms in total. The monoisotopic (exact) mass is 324 g/mol. The van der Waals surface area contributed by atoms with Crippen LogP contribution >= 0.6 is 11.8 Å². The summed E-state index contributed by atoms with van der Waals surface area (Å²) in [6.45, 7) is 1.87. The highest BCUT2D eigenvalue weighted by atomic mass is 32.2. The molecular weight excluding hydrogens is 308 g/mol. The Morgan fingerprint density at radius 3 is 2.61 bits per heavy atom. The lowest BCUT2D eigenvalue weighted by Crippen LogP contribution is -2.23. The fourth-order valence-electron chi connectivity index (χ4n) is 2.12. The van der Waals surface area contributed by atoms with Crippen molar-refractivity contribution in [1.29, 1.82) is 0 Å². The number of nitrogens with one attached hydrogen (secondary N) is 1. The van der Waals surface area contributed by atoms with Gasteiger partial charge in [-0.3, -0.25) is 9.78 Å². The maximum absolute atomic E-state index is 12.2. The van der Waals surface area contributed by atoms with Gasteiger partial charge in [-0.25, -0.2) is 0 Å². The first-order chi connectivity index (χ1) is 11.2. The highest BCUT2D eigenvalue weighted by Gasteiger charge is 2.21. The average molecular weight is 324 g/mol. The molecule has 0 fully saturated rings. The summed E-state index contributed by atoms with van der Waals surface area (Å²) in [5.41, 5.74) is 2.72. The van der Waals surface area contributed by atoms with Gasteiger partial charge in [0.25, 0.3) is 0 Å². The summed E-state index contributed by atoms with van der Waals surface area (Å²) in [6.07, 6.45) is 4.12. The van der Waals surface area contributed by atoms with Crippen molar-refractivity contribution in [2.75, 3.05) is 5.32 Å². The van der Waals surface area contributed by atoms with Gasteiger partial charge in [0.1, 0.15) is 5.04 Å². The molecule has 1 aromatic carbocycles. The zero-order valence-corrected chi connectivity index (χ0v) is 13.5. The van der Waals surface area contributed by atoms with Crippen molar-refractivity contribution in [2.45, 2.75) is 18.6 Å². The first-order valence-electron chi connectivity index (χ1n) is 7.29. The van der Waals surface area contributed by atoms with Crippen molar-refractivity contribution in [2.24, 2.45) is 10.2 Å². The minimum Gasteiger partial charge on any atom is -0.325 e. The van der Waals surface area contributed by atoms with Gasteiger partial charge in [-0.1, -0.05) is 30.0 Å². The van der Waals surface area contributed by atoms with Crippen LogP contribution in [-0.2, 0) is 4.79 Å². The molecule has 1 aromatic heterocycles. The van der Waals surface area contributed by atoms with Crippen LogP contribution in [-0.4, -0.2) is 26.9 Å². The highest BCUT2D eigenvalue weighted by molar-refractivity contribution is 8.15. The smallest absolute Gasteiger partial charge is 0.237 e. The molecule has 0 saturated heterocycles. The van der Waals surface area contributed by atoms with E-state index in [1.807, 2.05) is 49.4 Å². The van der Waals surface area contributed by atoms with E-state index in [4.69, 9.17) is 0 Å². The molecule has 0 spiro atoms. The second-order valence-electron chi connectivity index (χ2n) is 5.07. The van der Waals surface area contributed by atoms with Crippen LogP contribution in [0.3, 0.4) is 0 Å². The van der Waals surface area contributed by atoms with Gasteiger partial charge in [0.2, 0.25) is 5.91 Å². The van der Waals surface area contributed by atoms with Gasteiger partial charge in [-0.2, -0.15) is 5.10 Å². The molecule has 1 unspecified atom stereocenters. The predicted molar refractivity (Wildman–Crippen MR) is 95.0 cm³/mol. The van der Waals surface area contributed by atoms with Crippen molar-refractivity contribution in [3.05, 3.63) is 60.4 Å². The number of pyridine rings is 1. The van der Waals surface area contributed by atoms with Gasteiger partial charge >= 0.3 is 0 Å². The third-order valence-corrected chi connectivity index (χ3v) is 4.40. The molecule has 2 heterocycles. The molecule has 0 bridgehead atoms. The second kappa shape index (κ2) is 7.19. The summed E-state index contributed by atoms with van der Waals surface area (Å²) in [6, 6.07) is 13.3. The number of benzene rings is 1. The Kier molecular flexibility index (Phi) is 4.83.